The van der Waals surface area contributed by atoms with E-state index in [9.17, 15) is 0 Å². The van der Waals surface area contributed by atoms with Gasteiger partial charge in [-0.15, -0.1) is 0 Å². The number of nitrogens with zero attached hydrogens (tertiary/aromatic N) is 4. The summed E-state index contributed by atoms with van der Waals surface area (Å²) in [6.07, 6.45) is 3.00. The lowest BCUT2D eigenvalue weighted by Crippen LogP contribution is -2.39. The fourth-order valence-corrected chi connectivity index (χ4v) is 2.37. The molecule has 17 heavy (non-hydrogen) atoms. The van der Waals surface area contributed by atoms with E-state index in [4.69, 9.17) is 5.73 Å². The molecule has 1 saturated heterocycles. The SMILES string of the molecule is CC1CCN(c2ccnc(N(C)C)n2)C1CN. The van der Waals surface area contributed by atoms with Crippen LogP contribution in [0.5, 0.6) is 0 Å². The molecule has 2 atom stereocenters. The second-order valence-corrected chi connectivity index (χ2v) is 4.87. The Morgan fingerprint density at radius 2 is 2.29 bits per heavy atom. The van der Waals surface area contributed by atoms with Gasteiger partial charge in [0, 0.05) is 39.4 Å². The zero-order valence-electron chi connectivity index (χ0n) is 10.8. The third-order valence-corrected chi connectivity index (χ3v) is 3.45. The van der Waals surface area contributed by atoms with Crippen molar-refractivity contribution in [3.63, 3.8) is 0 Å². The zero-order valence-corrected chi connectivity index (χ0v) is 10.8. The van der Waals surface area contributed by atoms with E-state index in [2.05, 4.69) is 21.8 Å². The van der Waals surface area contributed by atoms with Gasteiger partial charge in [-0.1, -0.05) is 6.92 Å². The Hall–Kier alpha value is -1.36. The van der Waals surface area contributed by atoms with Crippen molar-refractivity contribution in [2.45, 2.75) is 19.4 Å². The van der Waals surface area contributed by atoms with Gasteiger partial charge >= 0.3 is 0 Å². The minimum absolute atomic E-state index is 0.403. The summed E-state index contributed by atoms with van der Waals surface area (Å²) in [7, 11) is 3.90. The van der Waals surface area contributed by atoms with Crippen molar-refractivity contribution in [1.82, 2.24) is 9.97 Å². The molecule has 1 aliphatic heterocycles. The van der Waals surface area contributed by atoms with E-state index in [0.717, 1.165) is 18.3 Å². The topological polar surface area (TPSA) is 58.3 Å². The van der Waals surface area contributed by atoms with Gasteiger partial charge in [-0.3, -0.25) is 0 Å². The molecule has 2 N–H and O–H groups in total. The molecule has 94 valence electrons. The second-order valence-electron chi connectivity index (χ2n) is 4.87. The van der Waals surface area contributed by atoms with Gasteiger partial charge in [0.05, 0.1) is 0 Å². The lowest BCUT2D eigenvalue weighted by molar-refractivity contribution is 0.517. The summed E-state index contributed by atoms with van der Waals surface area (Å²) in [6, 6.07) is 2.37. The van der Waals surface area contributed by atoms with Crippen molar-refractivity contribution in [2.75, 3.05) is 37.0 Å². The van der Waals surface area contributed by atoms with Gasteiger partial charge in [-0.05, 0) is 18.4 Å². The van der Waals surface area contributed by atoms with Gasteiger partial charge in [0.25, 0.3) is 0 Å². The molecule has 2 heterocycles. The largest absolute Gasteiger partial charge is 0.352 e. The number of aromatic nitrogens is 2. The average molecular weight is 235 g/mol. The van der Waals surface area contributed by atoms with Gasteiger partial charge in [0.2, 0.25) is 5.95 Å². The first-order valence-electron chi connectivity index (χ1n) is 6.10. The maximum absolute atomic E-state index is 5.85. The third-order valence-electron chi connectivity index (χ3n) is 3.45. The monoisotopic (exact) mass is 235 g/mol. The summed E-state index contributed by atoms with van der Waals surface area (Å²) in [5, 5.41) is 0. The molecule has 1 aliphatic rings. The average Bonchev–Trinajstić information content (AvgIpc) is 2.70. The van der Waals surface area contributed by atoms with E-state index < -0.39 is 0 Å². The van der Waals surface area contributed by atoms with Gasteiger partial charge in [0.15, 0.2) is 0 Å². The quantitative estimate of drug-likeness (QED) is 0.836. The molecule has 2 unspecified atom stereocenters. The van der Waals surface area contributed by atoms with E-state index in [1.807, 2.05) is 31.3 Å². The van der Waals surface area contributed by atoms with Crippen LogP contribution in [0, 0.1) is 5.92 Å². The molecule has 0 radical (unpaired) electrons. The number of nitrogens with two attached hydrogens (primary N) is 1. The molecule has 1 aromatic heterocycles. The van der Waals surface area contributed by atoms with Crippen LogP contribution in [-0.4, -0.2) is 43.2 Å². The molecular weight excluding hydrogens is 214 g/mol. The number of rotatable bonds is 3. The molecule has 0 saturated carbocycles. The smallest absolute Gasteiger partial charge is 0.226 e. The summed E-state index contributed by atoms with van der Waals surface area (Å²) in [5.41, 5.74) is 5.85. The van der Waals surface area contributed by atoms with Crippen molar-refractivity contribution < 1.29 is 0 Å². The van der Waals surface area contributed by atoms with Gasteiger partial charge in [0.1, 0.15) is 5.82 Å². The maximum atomic E-state index is 5.85. The summed E-state index contributed by atoms with van der Waals surface area (Å²) in [6.45, 7) is 3.97. The molecule has 0 aliphatic carbocycles. The summed E-state index contributed by atoms with van der Waals surface area (Å²) < 4.78 is 0. The van der Waals surface area contributed by atoms with E-state index in [0.29, 0.717) is 18.5 Å². The highest BCUT2D eigenvalue weighted by atomic mass is 15.3. The van der Waals surface area contributed by atoms with Crippen molar-refractivity contribution in [3.8, 4) is 0 Å². The highest BCUT2D eigenvalue weighted by Gasteiger charge is 2.30. The summed E-state index contributed by atoms with van der Waals surface area (Å²) in [5.74, 6) is 2.37. The number of anilines is 2. The minimum atomic E-state index is 0.403. The van der Waals surface area contributed by atoms with Gasteiger partial charge in [-0.2, -0.15) is 4.98 Å². The van der Waals surface area contributed by atoms with Crippen molar-refractivity contribution >= 4 is 11.8 Å². The van der Waals surface area contributed by atoms with E-state index in [-0.39, 0.29) is 0 Å². The molecule has 0 amide bonds. The number of hydrogen-bond acceptors (Lipinski definition) is 5. The van der Waals surface area contributed by atoms with Crippen LogP contribution in [0.1, 0.15) is 13.3 Å². The summed E-state index contributed by atoms with van der Waals surface area (Å²) >= 11 is 0. The predicted molar refractivity (Wildman–Crippen MR) is 70.3 cm³/mol. The predicted octanol–water partition coefficient (Wildman–Crippen LogP) is 0.716. The molecule has 0 bridgehead atoms. The molecule has 2 rings (SSSR count). The van der Waals surface area contributed by atoms with Gasteiger partial charge in [-0.25, -0.2) is 4.98 Å². The fraction of sp³-hybridized carbons (Fsp3) is 0.667. The lowest BCUT2D eigenvalue weighted by atomic mass is 10.0. The normalized spacial score (nSPS) is 24.1. The van der Waals surface area contributed by atoms with E-state index >= 15 is 0 Å². The Balaban J connectivity index is 2.25. The molecule has 1 aromatic rings. The maximum Gasteiger partial charge on any atom is 0.226 e. The Morgan fingerprint density at radius 3 is 2.94 bits per heavy atom. The van der Waals surface area contributed by atoms with Crippen molar-refractivity contribution in [2.24, 2.45) is 11.7 Å². The second kappa shape index (κ2) is 4.87. The van der Waals surface area contributed by atoms with E-state index in [1.165, 1.54) is 6.42 Å². The Labute approximate surface area is 103 Å². The van der Waals surface area contributed by atoms with Crippen LogP contribution in [-0.2, 0) is 0 Å². The third kappa shape index (κ3) is 2.34. The fourth-order valence-electron chi connectivity index (χ4n) is 2.37. The standard InChI is InChI=1S/C12H21N5/c1-9-5-7-17(10(9)8-13)11-4-6-14-12(15-11)16(2)3/h4,6,9-10H,5,7-8,13H2,1-3H3. The van der Waals surface area contributed by atoms with Crippen LogP contribution < -0.4 is 15.5 Å². The van der Waals surface area contributed by atoms with Gasteiger partial charge < -0.3 is 15.5 Å². The molecule has 5 heteroatoms. The first-order valence-corrected chi connectivity index (χ1v) is 6.10. The van der Waals surface area contributed by atoms with Crippen molar-refractivity contribution in [1.29, 1.82) is 0 Å². The van der Waals surface area contributed by atoms with Crippen LogP contribution in [0.3, 0.4) is 0 Å². The molecule has 5 nitrogen and oxygen atoms in total. The Kier molecular flexibility index (Phi) is 3.47. The first kappa shape index (κ1) is 12.1. The first-order chi connectivity index (χ1) is 8.13. The van der Waals surface area contributed by atoms with Crippen LogP contribution in [0.25, 0.3) is 0 Å². The molecular formula is C12H21N5. The van der Waals surface area contributed by atoms with Crippen LogP contribution in [0.4, 0.5) is 11.8 Å². The Bertz CT molecular complexity index is 379. The molecule has 0 spiro atoms. The highest BCUT2D eigenvalue weighted by Crippen LogP contribution is 2.28. The summed E-state index contributed by atoms with van der Waals surface area (Å²) in [4.78, 5) is 13.0. The van der Waals surface area contributed by atoms with Crippen molar-refractivity contribution in [3.05, 3.63) is 12.3 Å². The van der Waals surface area contributed by atoms with Crippen LogP contribution in [0.2, 0.25) is 0 Å². The van der Waals surface area contributed by atoms with E-state index in [1.54, 1.807) is 0 Å². The minimum Gasteiger partial charge on any atom is -0.352 e. The van der Waals surface area contributed by atoms with Crippen LogP contribution >= 0.6 is 0 Å². The lowest BCUT2D eigenvalue weighted by Gasteiger charge is -2.27. The van der Waals surface area contributed by atoms with Crippen LogP contribution in [0.15, 0.2) is 12.3 Å². The Morgan fingerprint density at radius 1 is 1.53 bits per heavy atom. The molecule has 0 aromatic carbocycles. The zero-order chi connectivity index (χ0) is 12.4. The number of hydrogen-bond donors (Lipinski definition) is 1. The molecule has 1 fully saturated rings. The highest BCUT2D eigenvalue weighted by molar-refractivity contribution is 5.45.